The van der Waals surface area contributed by atoms with Gasteiger partial charge in [0.15, 0.2) is 0 Å². The number of hydrogen-bond donors (Lipinski definition) is 1. The Balaban J connectivity index is 2.15. The van der Waals surface area contributed by atoms with Crippen molar-refractivity contribution in [3.8, 4) is 0 Å². The predicted molar refractivity (Wildman–Crippen MR) is 67.1 cm³/mol. The van der Waals surface area contributed by atoms with Crippen molar-refractivity contribution in [1.82, 2.24) is 4.90 Å². The quantitative estimate of drug-likeness (QED) is 0.689. The summed E-state index contributed by atoms with van der Waals surface area (Å²) in [6.07, 6.45) is 6.87. The smallest absolute Gasteiger partial charge is 0.00669 e. The summed E-state index contributed by atoms with van der Waals surface area (Å²) in [4.78, 5) is 2.67. The van der Waals surface area contributed by atoms with Crippen molar-refractivity contribution in [3.05, 3.63) is 0 Å². The molecule has 14 heavy (non-hydrogen) atoms. The van der Waals surface area contributed by atoms with E-state index in [4.69, 9.17) is 0 Å². The van der Waals surface area contributed by atoms with Crippen molar-refractivity contribution in [3.63, 3.8) is 0 Å². The van der Waals surface area contributed by atoms with E-state index in [1.807, 2.05) is 0 Å². The van der Waals surface area contributed by atoms with Crippen LogP contribution in [-0.4, -0.2) is 29.8 Å². The van der Waals surface area contributed by atoms with Gasteiger partial charge in [0.2, 0.25) is 0 Å². The fraction of sp³-hybridized carbons (Fsp3) is 1.00. The van der Waals surface area contributed by atoms with Crippen LogP contribution in [0.4, 0.5) is 0 Å². The standard InChI is InChI=1S/C12H25NS/c1-11(7-10-14)6-9-13-8-4-3-5-12(13)2/h11-12,14H,3-10H2,1-2H3. The average Bonchev–Trinajstić information content (AvgIpc) is 2.17. The molecule has 0 N–H and O–H groups in total. The number of hydrogen-bond acceptors (Lipinski definition) is 2. The molecule has 2 heteroatoms. The highest BCUT2D eigenvalue weighted by molar-refractivity contribution is 7.80. The first-order chi connectivity index (χ1) is 6.74. The third-order valence-corrected chi connectivity index (χ3v) is 3.73. The van der Waals surface area contributed by atoms with Gasteiger partial charge in [-0.1, -0.05) is 13.3 Å². The molecule has 1 heterocycles. The van der Waals surface area contributed by atoms with E-state index in [1.54, 1.807) is 0 Å². The van der Waals surface area contributed by atoms with E-state index in [9.17, 15) is 0 Å². The largest absolute Gasteiger partial charge is 0.301 e. The fourth-order valence-electron chi connectivity index (χ4n) is 2.24. The molecular weight excluding hydrogens is 190 g/mol. The highest BCUT2D eigenvalue weighted by atomic mass is 32.1. The molecule has 0 aromatic carbocycles. The van der Waals surface area contributed by atoms with Crippen molar-refractivity contribution in [2.45, 2.75) is 52.0 Å². The van der Waals surface area contributed by atoms with E-state index in [1.165, 1.54) is 45.2 Å². The Morgan fingerprint density at radius 3 is 2.79 bits per heavy atom. The zero-order chi connectivity index (χ0) is 10.4. The lowest BCUT2D eigenvalue weighted by Crippen LogP contribution is -2.38. The molecule has 0 aromatic heterocycles. The molecule has 1 aliphatic rings. The predicted octanol–water partition coefficient (Wildman–Crippen LogP) is 3.21. The number of piperidine rings is 1. The van der Waals surface area contributed by atoms with Gasteiger partial charge in [0, 0.05) is 6.04 Å². The Hall–Kier alpha value is 0.310. The molecule has 0 aromatic rings. The molecule has 0 saturated carbocycles. The Morgan fingerprint density at radius 1 is 1.36 bits per heavy atom. The van der Waals surface area contributed by atoms with Crippen LogP contribution < -0.4 is 0 Å². The Bertz CT molecular complexity index is 149. The topological polar surface area (TPSA) is 3.24 Å². The van der Waals surface area contributed by atoms with Gasteiger partial charge in [0.1, 0.15) is 0 Å². The number of thiol groups is 1. The molecule has 0 bridgehead atoms. The summed E-state index contributed by atoms with van der Waals surface area (Å²) in [6.45, 7) is 7.36. The Morgan fingerprint density at radius 2 is 2.14 bits per heavy atom. The molecule has 1 rings (SSSR count). The summed E-state index contributed by atoms with van der Waals surface area (Å²) >= 11 is 4.28. The van der Waals surface area contributed by atoms with Crippen molar-refractivity contribution >= 4 is 12.6 Å². The van der Waals surface area contributed by atoms with Crippen LogP contribution in [0.1, 0.15) is 46.0 Å². The molecule has 2 unspecified atom stereocenters. The third-order valence-electron chi connectivity index (χ3n) is 3.47. The lowest BCUT2D eigenvalue weighted by Gasteiger charge is -2.33. The first-order valence-corrected chi connectivity index (χ1v) is 6.72. The van der Waals surface area contributed by atoms with Gasteiger partial charge in [-0.15, -0.1) is 0 Å². The van der Waals surface area contributed by atoms with Gasteiger partial charge >= 0.3 is 0 Å². The summed E-state index contributed by atoms with van der Waals surface area (Å²) in [5.41, 5.74) is 0. The number of rotatable bonds is 5. The van der Waals surface area contributed by atoms with E-state index in [0.717, 1.165) is 17.7 Å². The first-order valence-electron chi connectivity index (χ1n) is 6.09. The Kier molecular flexibility index (Phi) is 5.95. The average molecular weight is 215 g/mol. The van der Waals surface area contributed by atoms with Crippen LogP contribution in [0.2, 0.25) is 0 Å². The van der Waals surface area contributed by atoms with Gasteiger partial charge in [-0.2, -0.15) is 12.6 Å². The highest BCUT2D eigenvalue weighted by Gasteiger charge is 2.17. The van der Waals surface area contributed by atoms with Crippen molar-refractivity contribution in [1.29, 1.82) is 0 Å². The summed E-state index contributed by atoms with van der Waals surface area (Å²) in [6, 6.07) is 0.826. The monoisotopic (exact) mass is 215 g/mol. The van der Waals surface area contributed by atoms with Crippen LogP contribution in [0.25, 0.3) is 0 Å². The normalized spacial score (nSPS) is 26.4. The van der Waals surface area contributed by atoms with Crippen LogP contribution in [-0.2, 0) is 0 Å². The van der Waals surface area contributed by atoms with E-state index in [-0.39, 0.29) is 0 Å². The van der Waals surface area contributed by atoms with E-state index < -0.39 is 0 Å². The highest BCUT2D eigenvalue weighted by Crippen LogP contribution is 2.18. The van der Waals surface area contributed by atoms with Crippen molar-refractivity contribution in [2.75, 3.05) is 18.8 Å². The second-order valence-electron chi connectivity index (χ2n) is 4.79. The maximum absolute atomic E-state index is 4.28. The maximum Gasteiger partial charge on any atom is 0.00669 e. The summed E-state index contributed by atoms with van der Waals surface area (Å²) in [7, 11) is 0. The van der Waals surface area contributed by atoms with Crippen molar-refractivity contribution < 1.29 is 0 Å². The molecule has 1 nitrogen and oxygen atoms in total. The third kappa shape index (κ3) is 4.22. The van der Waals surface area contributed by atoms with Gasteiger partial charge in [-0.3, -0.25) is 0 Å². The molecule has 0 aliphatic carbocycles. The fourth-order valence-corrected chi connectivity index (χ4v) is 2.68. The van der Waals surface area contributed by atoms with Gasteiger partial charge in [-0.05, 0) is 57.4 Å². The van der Waals surface area contributed by atoms with Crippen LogP contribution >= 0.6 is 12.6 Å². The maximum atomic E-state index is 4.28. The molecule has 84 valence electrons. The lowest BCUT2D eigenvalue weighted by molar-refractivity contribution is 0.151. The number of nitrogens with zero attached hydrogens (tertiary/aromatic N) is 1. The van der Waals surface area contributed by atoms with Crippen LogP contribution in [0.3, 0.4) is 0 Å². The first kappa shape index (κ1) is 12.4. The molecule has 0 amide bonds. The minimum atomic E-state index is 0.826. The molecular formula is C12H25NS. The van der Waals surface area contributed by atoms with E-state index in [2.05, 4.69) is 31.4 Å². The SMILES string of the molecule is CC(CCS)CCN1CCCCC1C. The van der Waals surface area contributed by atoms with Crippen molar-refractivity contribution in [2.24, 2.45) is 5.92 Å². The molecule has 1 aliphatic heterocycles. The van der Waals surface area contributed by atoms with E-state index in [0.29, 0.717) is 0 Å². The zero-order valence-electron chi connectivity index (χ0n) is 9.71. The molecule has 1 fully saturated rings. The van der Waals surface area contributed by atoms with Crippen LogP contribution in [0.15, 0.2) is 0 Å². The molecule has 0 spiro atoms. The summed E-state index contributed by atoms with van der Waals surface area (Å²) in [5.74, 6) is 1.89. The zero-order valence-corrected chi connectivity index (χ0v) is 10.6. The molecule has 2 atom stereocenters. The van der Waals surface area contributed by atoms with Gasteiger partial charge in [-0.25, -0.2) is 0 Å². The van der Waals surface area contributed by atoms with Gasteiger partial charge in [0.25, 0.3) is 0 Å². The lowest BCUT2D eigenvalue weighted by atomic mass is 10.0. The van der Waals surface area contributed by atoms with Gasteiger partial charge in [0.05, 0.1) is 0 Å². The van der Waals surface area contributed by atoms with Crippen LogP contribution in [0.5, 0.6) is 0 Å². The van der Waals surface area contributed by atoms with E-state index >= 15 is 0 Å². The van der Waals surface area contributed by atoms with Gasteiger partial charge < -0.3 is 4.90 Å². The Labute approximate surface area is 94.7 Å². The molecule has 1 saturated heterocycles. The molecule has 0 radical (unpaired) electrons. The van der Waals surface area contributed by atoms with Crippen LogP contribution in [0, 0.1) is 5.92 Å². The summed E-state index contributed by atoms with van der Waals surface area (Å²) in [5, 5.41) is 0. The number of likely N-dealkylation sites (tertiary alicyclic amines) is 1. The summed E-state index contributed by atoms with van der Waals surface area (Å²) < 4.78 is 0. The minimum absolute atomic E-state index is 0.826. The minimum Gasteiger partial charge on any atom is -0.301 e. The second kappa shape index (κ2) is 6.73. The second-order valence-corrected chi connectivity index (χ2v) is 5.23.